The predicted molar refractivity (Wildman–Crippen MR) is 67.4 cm³/mol. The first kappa shape index (κ1) is 13.0. The molecule has 0 radical (unpaired) electrons. The summed E-state index contributed by atoms with van der Waals surface area (Å²) in [6.07, 6.45) is 1.00. The van der Waals surface area contributed by atoms with Crippen molar-refractivity contribution in [3.8, 4) is 5.75 Å². The lowest BCUT2D eigenvalue weighted by Gasteiger charge is -2.21. The Labute approximate surface area is 97.8 Å². The molecule has 0 aliphatic rings. The van der Waals surface area contributed by atoms with Crippen molar-refractivity contribution in [2.75, 3.05) is 13.2 Å². The molecule has 4 N–H and O–H groups in total. The van der Waals surface area contributed by atoms with E-state index in [-0.39, 0.29) is 6.04 Å². The van der Waals surface area contributed by atoms with Crippen molar-refractivity contribution in [2.24, 2.45) is 17.4 Å². The first-order chi connectivity index (χ1) is 7.72. The Hall–Kier alpha value is -1.06. The molecule has 0 heterocycles. The van der Waals surface area contributed by atoms with Crippen molar-refractivity contribution in [1.82, 2.24) is 0 Å². The Morgan fingerprint density at radius 3 is 2.25 bits per heavy atom. The van der Waals surface area contributed by atoms with Crippen LogP contribution >= 0.6 is 0 Å². The molecule has 3 nitrogen and oxygen atoms in total. The van der Waals surface area contributed by atoms with Gasteiger partial charge in [0.15, 0.2) is 0 Å². The van der Waals surface area contributed by atoms with E-state index in [9.17, 15) is 0 Å². The van der Waals surface area contributed by atoms with E-state index >= 15 is 0 Å². The summed E-state index contributed by atoms with van der Waals surface area (Å²) in [5, 5.41) is 0. The van der Waals surface area contributed by atoms with Crippen LogP contribution in [-0.2, 0) is 0 Å². The summed E-state index contributed by atoms with van der Waals surface area (Å²) >= 11 is 0. The molecule has 0 fully saturated rings. The Morgan fingerprint density at radius 1 is 1.19 bits per heavy atom. The Morgan fingerprint density at radius 2 is 1.81 bits per heavy atom. The molecule has 16 heavy (non-hydrogen) atoms. The van der Waals surface area contributed by atoms with Crippen LogP contribution in [0.25, 0.3) is 0 Å². The predicted octanol–water partition coefficient (Wildman–Crippen LogP) is 2.07. The van der Waals surface area contributed by atoms with Crippen molar-refractivity contribution >= 4 is 0 Å². The van der Waals surface area contributed by atoms with Crippen LogP contribution in [-0.4, -0.2) is 13.2 Å². The molecule has 0 amide bonds. The van der Waals surface area contributed by atoms with E-state index in [1.165, 1.54) is 0 Å². The fraction of sp³-hybridized carbons (Fsp3) is 0.538. The van der Waals surface area contributed by atoms with E-state index < -0.39 is 0 Å². The molecular weight excluding hydrogens is 200 g/mol. The normalized spacial score (nSPS) is 14.5. The molecule has 1 aromatic rings. The fourth-order valence-electron chi connectivity index (χ4n) is 1.79. The topological polar surface area (TPSA) is 61.3 Å². The van der Waals surface area contributed by atoms with Gasteiger partial charge < -0.3 is 16.2 Å². The second kappa shape index (κ2) is 6.51. The van der Waals surface area contributed by atoms with E-state index in [4.69, 9.17) is 16.2 Å². The van der Waals surface area contributed by atoms with Crippen LogP contribution in [0.2, 0.25) is 0 Å². The maximum absolute atomic E-state index is 6.16. The lowest BCUT2D eigenvalue weighted by atomic mass is 9.92. The van der Waals surface area contributed by atoms with Gasteiger partial charge in [-0.15, -0.1) is 0 Å². The highest BCUT2D eigenvalue weighted by atomic mass is 16.5. The Balaban J connectivity index is 2.72. The molecule has 0 aromatic heterocycles. The van der Waals surface area contributed by atoms with Crippen molar-refractivity contribution in [2.45, 2.75) is 26.3 Å². The minimum absolute atomic E-state index is 0.0191. The number of benzene rings is 1. The number of nitrogens with two attached hydrogens (primary N) is 2. The summed E-state index contributed by atoms with van der Waals surface area (Å²) in [7, 11) is 0. The molecule has 90 valence electrons. The van der Waals surface area contributed by atoms with Crippen LogP contribution in [0.4, 0.5) is 0 Å². The monoisotopic (exact) mass is 222 g/mol. The summed E-state index contributed by atoms with van der Waals surface area (Å²) in [5.74, 6) is 1.23. The smallest absolute Gasteiger partial charge is 0.119 e. The molecule has 0 spiro atoms. The van der Waals surface area contributed by atoms with Gasteiger partial charge in [-0.25, -0.2) is 0 Å². The summed E-state index contributed by atoms with van der Waals surface area (Å²) in [6.45, 7) is 5.41. The summed E-state index contributed by atoms with van der Waals surface area (Å²) in [5.41, 5.74) is 13.0. The van der Waals surface area contributed by atoms with Crippen LogP contribution in [0.5, 0.6) is 5.75 Å². The largest absolute Gasteiger partial charge is 0.494 e. The first-order valence-corrected chi connectivity index (χ1v) is 5.91. The van der Waals surface area contributed by atoms with Crippen LogP contribution in [0.1, 0.15) is 31.9 Å². The zero-order chi connectivity index (χ0) is 12.0. The zero-order valence-electron chi connectivity index (χ0n) is 10.1. The highest BCUT2D eigenvalue weighted by molar-refractivity contribution is 5.29. The van der Waals surface area contributed by atoms with E-state index in [2.05, 4.69) is 6.92 Å². The quantitative estimate of drug-likeness (QED) is 0.774. The van der Waals surface area contributed by atoms with Gasteiger partial charge in [0.2, 0.25) is 0 Å². The third kappa shape index (κ3) is 3.22. The van der Waals surface area contributed by atoms with Gasteiger partial charge in [-0.2, -0.15) is 0 Å². The van der Waals surface area contributed by atoms with Gasteiger partial charge in [0.05, 0.1) is 6.61 Å². The number of ether oxygens (including phenoxy) is 1. The molecule has 0 aliphatic carbocycles. The molecule has 0 aliphatic heterocycles. The molecule has 3 heteroatoms. The van der Waals surface area contributed by atoms with Gasteiger partial charge in [-0.3, -0.25) is 0 Å². The Kier molecular flexibility index (Phi) is 5.29. The molecule has 1 rings (SSSR count). The van der Waals surface area contributed by atoms with Crippen LogP contribution < -0.4 is 16.2 Å². The van der Waals surface area contributed by atoms with Crippen molar-refractivity contribution in [3.05, 3.63) is 29.8 Å². The molecule has 0 saturated carbocycles. The average molecular weight is 222 g/mol. The summed E-state index contributed by atoms with van der Waals surface area (Å²) in [4.78, 5) is 0. The Bertz CT molecular complexity index is 293. The standard InChI is InChI=1S/C13H22N2O/c1-3-10(9-14)13(15)11-5-7-12(8-6-11)16-4-2/h5-8,10,13H,3-4,9,14-15H2,1-2H3. The zero-order valence-corrected chi connectivity index (χ0v) is 10.1. The minimum atomic E-state index is 0.0191. The molecule has 1 aromatic carbocycles. The summed E-state index contributed by atoms with van der Waals surface area (Å²) < 4.78 is 5.39. The molecule has 0 bridgehead atoms. The SMILES string of the molecule is CCOc1ccc(C(N)C(CC)CN)cc1. The number of hydrogen-bond acceptors (Lipinski definition) is 3. The highest BCUT2D eigenvalue weighted by Crippen LogP contribution is 2.23. The summed E-state index contributed by atoms with van der Waals surface area (Å²) in [6, 6.07) is 7.98. The maximum atomic E-state index is 6.16. The third-order valence-electron chi connectivity index (χ3n) is 2.91. The molecular formula is C13H22N2O. The lowest BCUT2D eigenvalue weighted by molar-refractivity contribution is 0.340. The van der Waals surface area contributed by atoms with Gasteiger partial charge >= 0.3 is 0 Å². The van der Waals surface area contributed by atoms with Crippen LogP contribution in [0, 0.1) is 5.92 Å². The van der Waals surface area contributed by atoms with E-state index in [1.54, 1.807) is 0 Å². The van der Waals surface area contributed by atoms with E-state index in [0.29, 0.717) is 19.1 Å². The molecule has 0 saturated heterocycles. The fourth-order valence-corrected chi connectivity index (χ4v) is 1.79. The second-order valence-electron chi connectivity index (χ2n) is 3.93. The van der Waals surface area contributed by atoms with Gasteiger partial charge in [0.25, 0.3) is 0 Å². The third-order valence-corrected chi connectivity index (χ3v) is 2.91. The van der Waals surface area contributed by atoms with Crippen LogP contribution in [0.3, 0.4) is 0 Å². The maximum Gasteiger partial charge on any atom is 0.119 e. The minimum Gasteiger partial charge on any atom is -0.494 e. The lowest BCUT2D eigenvalue weighted by Crippen LogP contribution is -2.27. The van der Waals surface area contributed by atoms with Crippen molar-refractivity contribution in [3.63, 3.8) is 0 Å². The average Bonchev–Trinajstić information content (AvgIpc) is 2.32. The number of rotatable bonds is 6. The van der Waals surface area contributed by atoms with Gasteiger partial charge in [0, 0.05) is 6.04 Å². The van der Waals surface area contributed by atoms with Gasteiger partial charge in [0.1, 0.15) is 5.75 Å². The first-order valence-electron chi connectivity index (χ1n) is 5.91. The van der Waals surface area contributed by atoms with Gasteiger partial charge in [-0.1, -0.05) is 25.5 Å². The molecule has 2 atom stereocenters. The van der Waals surface area contributed by atoms with Crippen LogP contribution in [0.15, 0.2) is 24.3 Å². The van der Waals surface area contributed by atoms with E-state index in [0.717, 1.165) is 17.7 Å². The molecule has 2 unspecified atom stereocenters. The van der Waals surface area contributed by atoms with Crippen molar-refractivity contribution < 1.29 is 4.74 Å². The second-order valence-corrected chi connectivity index (χ2v) is 3.93. The highest BCUT2D eigenvalue weighted by Gasteiger charge is 2.15. The van der Waals surface area contributed by atoms with Crippen molar-refractivity contribution in [1.29, 1.82) is 0 Å². The van der Waals surface area contributed by atoms with Gasteiger partial charge in [-0.05, 0) is 37.1 Å². The number of hydrogen-bond donors (Lipinski definition) is 2. The van der Waals surface area contributed by atoms with E-state index in [1.807, 2.05) is 31.2 Å².